The first kappa shape index (κ1) is 19.1. The number of likely N-dealkylation sites (N-methyl/N-ethyl adjacent to an activating group) is 1. The minimum absolute atomic E-state index is 0.220. The molecule has 1 aromatic carbocycles. The van der Waals surface area contributed by atoms with Crippen LogP contribution < -0.4 is 10.6 Å². The topological polar surface area (TPSA) is 91.4 Å². The molecule has 0 spiro atoms. The molecule has 0 bridgehead atoms. The fourth-order valence-electron chi connectivity index (χ4n) is 2.83. The van der Waals surface area contributed by atoms with E-state index in [0.717, 1.165) is 6.54 Å². The molecule has 7 heteroatoms. The lowest BCUT2D eigenvalue weighted by atomic mass is 9.98. The van der Waals surface area contributed by atoms with Gasteiger partial charge < -0.3 is 10.2 Å². The average Bonchev–Trinajstić information content (AvgIpc) is 3.00. The van der Waals surface area contributed by atoms with Crippen molar-refractivity contribution >= 4 is 17.8 Å². The van der Waals surface area contributed by atoms with Crippen molar-refractivity contribution in [2.45, 2.75) is 25.9 Å². The van der Waals surface area contributed by atoms with E-state index in [-0.39, 0.29) is 5.91 Å². The Hall–Kier alpha value is -3.66. The van der Waals surface area contributed by atoms with Crippen LogP contribution in [-0.2, 0) is 22.6 Å². The molecule has 4 amide bonds. The molecule has 0 radical (unpaired) electrons. The van der Waals surface area contributed by atoms with Crippen molar-refractivity contribution in [2.75, 3.05) is 7.05 Å². The molecule has 1 saturated heterocycles. The number of carbonyl (C=O) groups excluding carboxylic acids is 3. The van der Waals surface area contributed by atoms with Gasteiger partial charge in [-0.15, -0.1) is 0 Å². The van der Waals surface area contributed by atoms with Crippen LogP contribution in [0.5, 0.6) is 0 Å². The van der Waals surface area contributed by atoms with Gasteiger partial charge in [-0.1, -0.05) is 35.6 Å². The Balaban J connectivity index is 0.000000162. The number of amides is 4. The minimum atomic E-state index is -0.766. The van der Waals surface area contributed by atoms with Crippen LogP contribution >= 0.6 is 0 Å². The quantitative estimate of drug-likeness (QED) is 0.533. The molecule has 0 saturated carbocycles. The van der Waals surface area contributed by atoms with Gasteiger partial charge in [0.05, 0.1) is 6.42 Å². The number of aryl methyl sites for hydroxylation is 1. The van der Waals surface area contributed by atoms with Gasteiger partial charge >= 0.3 is 6.03 Å². The number of fused-ring (bicyclic) bond motifs is 1. The average molecular weight is 376 g/mol. The fourth-order valence-corrected chi connectivity index (χ4v) is 2.83. The summed E-state index contributed by atoms with van der Waals surface area (Å²) >= 11 is 0. The molecular weight excluding hydrogens is 356 g/mol. The maximum absolute atomic E-state index is 11.4. The number of pyridine rings is 1. The predicted octanol–water partition coefficient (Wildman–Crippen LogP) is 1.15. The van der Waals surface area contributed by atoms with Gasteiger partial charge in [0.2, 0.25) is 5.91 Å². The number of hydrogen-bond donors (Lipinski definition) is 2. The molecule has 3 heterocycles. The molecule has 4 rings (SSSR count). The highest BCUT2D eigenvalue weighted by atomic mass is 16.2. The van der Waals surface area contributed by atoms with E-state index >= 15 is 0 Å². The summed E-state index contributed by atoms with van der Waals surface area (Å²) in [6.45, 7) is 2.82. The van der Waals surface area contributed by atoms with Gasteiger partial charge in [0, 0.05) is 31.5 Å². The molecule has 0 unspecified atom stereocenters. The Bertz CT molecular complexity index is 976. The summed E-state index contributed by atoms with van der Waals surface area (Å²) in [7, 11) is 1.85. The second kappa shape index (κ2) is 8.35. The van der Waals surface area contributed by atoms with E-state index in [0.29, 0.717) is 12.0 Å². The van der Waals surface area contributed by atoms with Gasteiger partial charge in [-0.25, -0.2) is 4.79 Å². The first-order chi connectivity index (χ1) is 13.4. The SMILES string of the molecule is Cc1ccc2c(c1)CC(=O)N(C)C2.O=C1NC(=O)[C@H](C#Cc2cccnc2)N1. The molecular formula is C21H20N4O3. The Kier molecular flexibility index (Phi) is 5.70. The lowest BCUT2D eigenvalue weighted by molar-refractivity contribution is -0.130. The second-order valence-corrected chi connectivity index (χ2v) is 6.61. The van der Waals surface area contributed by atoms with E-state index in [9.17, 15) is 14.4 Å². The van der Waals surface area contributed by atoms with Crippen molar-refractivity contribution in [3.63, 3.8) is 0 Å². The lowest BCUT2D eigenvalue weighted by Crippen LogP contribution is -2.32. The van der Waals surface area contributed by atoms with E-state index in [2.05, 4.69) is 52.6 Å². The number of rotatable bonds is 0. The van der Waals surface area contributed by atoms with Crippen LogP contribution in [0, 0.1) is 18.8 Å². The molecule has 1 aromatic heterocycles. The highest BCUT2D eigenvalue weighted by Crippen LogP contribution is 2.19. The highest BCUT2D eigenvalue weighted by Gasteiger charge is 2.27. The molecule has 2 N–H and O–H groups in total. The zero-order valence-corrected chi connectivity index (χ0v) is 15.7. The highest BCUT2D eigenvalue weighted by molar-refractivity contribution is 6.05. The summed E-state index contributed by atoms with van der Waals surface area (Å²) in [4.78, 5) is 38.9. The van der Waals surface area contributed by atoms with Gasteiger partial charge in [-0.05, 0) is 30.2 Å². The van der Waals surface area contributed by atoms with Crippen LogP contribution in [0.2, 0.25) is 0 Å². The Labute approximate surface area is 163 Å². The molecule has 2 aliphatic heterocycles. The first-order valence-electron chi connectivity index (χ1n) is 8.77. The summed E-state index contributed by atoms with van der Waals surface area (Å²) in [5, 5.41) is 4.48. The summed E-state index contributed by atoms with van der Waals surface area (Å²) in [6.07, 6.45) is 3.78. The predicted molar refractivity (Wildman–Crippen MR) is 103 cm³/mol. The monoisotopic (exact) mass is 376 g/mol. The van der Waals surface area contributed by atoms with Crippen LogP contribution in [0.3, 0.4) is 0 Å². The second-order valence-electron chi connectivity index (χ2n) is 6.61. The first-order valence-corrected chi connectivity index (χ1v) is 8.77. The number of nitrogens with one attached hydrogen (secondary N) is 2. The van der Waals surface area contributed by atoms with Crippen molar-refractivity contribution < 1.29 is 14.4 Å². The summed E-state index contributed by atoms with van der Waals surface area (Å²) in [5.41, 5.74) is 4.42. The van der Waals surface area contributed by atoms with Crippen molar-refractivity contribution in [2.24, 2.45) is 0 Å². The van der Waals surface area contributed by atoms with Crippen LogP contribution in [0.15, 0.2) is 42.7 Å². The largest absolute Gasteiger partial charge is 0.341 e. The zero-order chi connectivity index (χ0) is 20.1. The Morgan fingerprint density at radius 3 is 2.68 bits per heavy atom. The number of aromatic nitrogens is 1. The normalized spacial score (nSPS) is 17.4. The molecule has 2 aromatic rings. The third kappa shape index (κ3) is 4.74. The van der Waals surface area contributed by atoms with Crippen LogP contribution in [0.1, 0.15) is 22.3 Å². The summed E-state index contributed by atoms with van der Waals surface area (Å²) in [6, 6.07) is 8.57. The van der Waals surface area contributed by atoms with Crippen molar-refractivity contribution in [3.8, 4) is 11.8 Å². The lowest BCUT2D eigenvalue weighted by Gasteiger charge is -2.25. The molecule has 0 aliphatic carbocycles. The fraction of sp³-hybridized carbons (Fsp3) is 0.238. The smallest absolute Gasteiger partial charge is 0.322 e. The molecule has 142 valence electrons. The van der Waals surface area contributed by atoms with Crippen molar-refractivity contribution in [1.82, 2.24) is 20.5 Å². The third-order valence-corrected chi connectivity index (χ3v) is 4.33. The Morgan fingerprint density at radius 2 is 2.00 bits per heavy atom. The number of carbonyl (C=O) groups is 3. The van der Waals surface area contributed by atoms with Gasteiger partial charge in [-0.2, -0.15) is 0 Å². The number of urea groups is 1. The van der Waals surface area contributed by atoms with Crippen LogP contribution in [0.4, 0.5) is 4.79 Å². The molecule has 28 heavy (non-hydrogen) atoms. The van der Waals surface area contributed by atoms with Gasteiger partial charge in [-0.3, -0.25) is 19.9 Å². The standard InChI is InChI=1S/C11H13NO.C10H7N3O2/c1-8-3-4-9-7-12(2)11(13)6-10(9)5-8;14-9-8(12-10(15)13-9)4-3-7-2-1-5-11-6-7/h3-5H,6-7H2,1-2H3;1-2,5-6,8H,(H2,12,13,14,15)/t;8-/m.0/s1. The number of benzene rings is 1. The molecule has 1 fully saturated rings. The molecule has 1 atom stereocenters. The molecule has 2 aliphatic rings. The van der Waals surface area contributed by atoms with E-state index < -0.39 is 18.0 Å². The van der Waals surface area contributed by atoms with E-state index in [4.69, 9.17) is 0 Å². The zero-order valence-electron chi connectivity index (χ0n) is 15.7. The van der Waals surface area contributed by atoms with Gasteiger partial charge in [0.1, 0.15) is 0 Å². The number of hydrogen-bond acceptors (Lipinski definition) is 4. The summed E-state index contributed by atoms with van der Waals surface area (Å²) in [5.74, 6) is 5.19. The van der Waals surface area contributed by atoms with Crippen LogP contribution in [0.25, 0.3) is 0 Å². The maximum Gasteiger partial charge on any atom is 0.322 e. The van der Waals surface area contributed by atoms with E-state index in [1.165, 1.54) is 16.7 Å². The third-order valence-electron chi connectivity index (χ3n) is 4.33. The summed E-state index contributed by atoms with van der Waals surface area (Å²) < 4.78 is 0. The van der Waals surface area contributed by atoms with E-state index in [1.807, 2.05) is 7.05 Å². The van der Waals surface area contributed by atoms with Gasteiger partial charge in [0.15, 0.2) is 6.04 Å². The molecule has 7 nitrogen and oxygen atoms in total. The number of imide groups is 1. The Morgan fingerprint density at radius 1 is 1.18 bits per heavy atom. The van der Waals surface area contributed by atoms with Crippen molar-refractivity contribution in [3.05, 3.63) is 65.0 Å². The number of nitrogens with zero attached hydrogens (tertiary/aromatic N) is 2. The van der Waals surface area contributed by atoms with Crippen molar-refractivity contribution in [1.29, 1.82) is 0 Å². The van der Waals surface area contributed by atoms with Crippen LogP contribution in [-0.4, -0.2) is 40.8 Å². The van der Waals surface area contributed by atoms with E-state index in [1.54, 1.807) is 29.4 Å². The maximum atomic E-state index is 11.4. The minimum Gasteiger partial charge on any atom is -0.341 e. The van der Waals surface area contributed by atoms with Gasteiger partial charge in [0.25, 0.3) is 5.91 Å².